The highest BCUT2D eigenvalue weighted by molar-refractivity contribution is 5.37. The Balaban J connectivity index is 2.39. The second-order valence-corrected chi connectivity index (χ2v) is 3.54. The Morgan fingerprint density at radius 2 is 2.50 bits per heavy atom. The summed E-state index contributed by atoms with van der Waals surface area (Å²) in [6, 6.07) is 0. The molecule has 1 aliphatic rings. The van der Waals surface area contributed by atoms with E-state index >= 15 is 0 Å². The van der Waals surface area contributed by atoms with Crippen molar-refractivity contribution in [1.82, 2.24) is 0 Å². The summed E-state index contributed by atoms with van der Waals surface area (Å²) in [5.41, 5.74) is 1.30. The van der Waals surface area contributed by atoms with Gasteiger partial charge in [-0.25, -0.2) is 0 Å². The quantitative estimate of drug-likeness (QED) is 0.477. The van der Waals surface area contributed by atoms with E-state index in [1.54, 1.807) is 0 Å². The van der Waals surface area contributed by atoms with Crippen LogP contribution in [0.4, 0.5) is 0 Å². The van der Waals surface area contributed by atoms with Crippen molar-refractivity contribution in [2.75, 3.05) is 0 Å². The minimum absolute atomic E-state index is 0.0551. The molecule has 1 aliphatic carbocycles. The van der Waals surface area contributed by atoms with Crippen LogP contribution < -0.4 is 0 Å². The molecule has 12 heavy (non-hydrogen) atoms. The molecule has 0 saturated heterocycles. The molecular formula is C10H16O2. The van der Waals surface area contributed by atoms with Crippen molar-refractivity contribution in [3.8, 4) is 0 Å². The van der Waals surface area contributed by atoms with Gasteiger partial charge in [-0.3, -0.25) is 4.79 Å². The van der Waals surface area contributed by atoms with Crippen molar-refractivity contribution in [3.63, 3.8) is 0 Å². The Kier molecular flexibility index (Phi) is 3.32. The third-order valence-electron chi connectivity index (χ3n) is 2.59. The molecule has 1 fully saturated rings. The molecule has 2 atom stereocenters. The van der Waals surface area contributed by atoms with Gasteiger partial charge >= 0.3 is 0 Å². The topological polar surface area (TPSA) is 26.3 Å². The van der Waals surface area contributed by atoms with Crippen LogP contribution in [0.25, 0.3) is 0 Å². The molecule has 0 radical (unpaired) electrons. The second kappa shape index (κ2) is 4.29. The first-order chi connectivity index (χ1) is 5.74. The van der Waals surface area contributed by atoms with E-state index in [1.807, 2.05) is 6.92 Å². The lowest BCUT2D eigenvalue weighted by atomic mass is 9.83. The molecular weight excluding hydrogens is 152 g/mol. The van der Waals surface area contributed by atoms with Gasteiger partial charge in [-0.15, -0.1) is 0 Å². The molecule has 0 aliphatic heterocycles. The van der Waals surface area contributed by atoms with E-state index < -0.39 is 0 Å². The third-order valence-corrected chi connectivity index (χ3v) is 2.59. The molecule has 1 rings (SSSR count). The van der Waals surface area contributed by atoms with Crippen LogP contribution in [-0.4, -0.2) is 12.6 Å². The van der Waals surface area contributed by atoms with Crippen molar-refractivity contribution in [2.45, 2.75) is 38.7 Å². The number of allylic oxidation sites excluding steroid dienone is 1. The van der Waals surface area contributed by atoms with Crippen molar-refractivity contribution in [3.05, 3.63) is 12.2 Å². The van der Waals surface area contributed by atoms with Gasteiger partial charge in [0.05, 0.1) is 0 Å². The Morgan fingerprint density at radius 3 is 3.08 bits per heavy atom. The van der Waals surface area contributed by atoms with Crippen LogP contribution in [0.3, 0.4) is 0 Å². The standard InChI is InChI=1S/C10H16O2/c1-8-4-3-5-10(6-8)9(2)12-7-11/h7,9-10H,1,3-6H2,2H3. The lowest BCUT2D eigenvalue weighted by Crippen LogP contribution is -2.23. The summed E-state index contributed by atoms with van der Waals surface area (Å²) < 4.78 is 4.91. The van der Waals surface area contributed by atoms with Crippen LogP contribution in [0.15, 0.2) is 12.2 Å². The Morgan fingerprint density at radius 1 is 1.75 bits per heavy atom. The molecule has 0 aromatic heterocycles. The van der Waals surface area contributed by atoms with E-state index in [1.165, 1.54) is 12.0 Å². The van der Waals surface area contributed by atoms with Gasteiger partial charge in [0.2, 0.25) is 0 Å². The smallest absolute Gasteiger partial charge is 0.293 e. The fourth-order valence-corrected chi connectivity index (χ4v) is 1.79. The fraction of sp³-hybridized carbons (Fsp3) is 0.700. The zero-order valence-corrected chi connectivity index (χ0v) is 7.58. The molecule has 1 saturated carbocycles. The van der Waals surface area contributed by atoms with Gasteiger partial charge in [-0.1, -0.05) is 12.2 Å². The maximum Gasteiger partial charge on any atom is 0.293 e. The number of hydrogen-bond donors (Lipinski definition) is 0. The monoisotopic (exact) mass is 168 g/mol. The SMILES string of the molecule is C=C1CCCC(C(C)OC=O)C1. The first-order valence-corrected chi connectivity index (χ1v) is 4.49. The van der Waals surface area contributed by atoms with Crippen LogP contribution >= 0.6 is 0 Å². The van der Waals surface area contributed by atoms with Crippen LogP contribution in [-0.2, 0) is 9.53 Å². The van der Waals surface area contributed by atoms with Gasteiger partial charge in [-0.2, -0.15) is 0 Å². The molecule has 0 N–H and O–H groups in total. The summed E-state index contributed by atoms with van der Waals surface area (Å²) in [5, 5.41) is 0. The highest BCUT2D eigenvalue weighted by atomic mass is 16.5. The van der Waals surface area contributed by atoms with Crippen LogP contribution in [0.5, 0.6) is 0 Å². The van der Waals surface area contributed by atoms with Crippen LogP contribution in [0.1, 0.15) is 32.6 Å². The predicted octanol–water partition coefficient (Wildman–Crippen LogP) is 2.29. The summed E-state index contributed by atoms with van der Waals surface area (Å²) in [6.45, 7) is 6.46. The van der Waals surface area contributed by atoms with Gasteiger partial charge in [0.25, 0.3) is 6.47 Å². The molecule has 0 heterocycles. The molecule has 0 spiro atoms. The van der Waals surface area contributed by atoms with Gasteiger partial charge in [-0.05, 0) is 38.5 Å². The first kappa shape index (κ1) is 9.30. The first-order valence-electron chi connectivity index (χ1n) is 4.49. The van der Waals surface area contributed by atoms with Gasteiger partial charge in [0.15, 0.2) is 0 Å². The summed E-state index contributed by atoms with van der Waals surface area (Å²) in [5.74, 6) is 0.497. The Hall–Kier alpha value is -0.790. The molecule has 0 amide bonds. The van der Waals surface area contributed by atoms with E-state index in [9.17, 15) is 4.79 Å². The summed E-state index contributed by atoms with van der Waals surface area (Å²) in [7, 11) is 0. The van der Waals surface area contributed by atoms with Crippen molar-refractivity contribution < 1.29 is 9.53 Å². The molecule has 0 aromatic carbocycles. The maximum absolute atomic E-state index is 10.1. The second-order valence-electron chi connectivity index (χ2n) is 3.54. The van der Waals surface area contributed by atoms with Crippen molar-refractivity contribution in [2.24, 2.45) is 5.92 Å². The number of ether oxygens (including phenoxy) is 1. The van der Waals surface area contributed by atoms with Gasteiger partial charge in [0, 0.05) is 0 Å². The fourth-order valence-electron chi connectivity index (χ4n) is 1.79. The average molecular weight is 168 g/mol. The van der Waals surface area contributed by atoms with Crippen LogP contribution in [0.2, 0.25) is 0 Å². The number of carbonyl (C=O) groups is 1. The molecule has 2 unspecified atom stereocenters. The minimum atomic E-state index is 0.0551. The van der Waals surface area contributed by atoms with E-state index in [4.69, 9.17) is 4.74 Å². The van der Waals surface area contributed by atoms with E-state index in [-0.39, 0.29) is 6.10 Å². The summed E-state index contributed by atoms with van der Waals surface area (Å²) in [6.07, 6.45) is 4.57. The lowest BCUT2D eigenvalue weighted by Gasteiger charge is -2.27. The zero-order valence-electron chi connectivity index (χ0n) is 7.58. The number of carbonyl (C=O) groups excluding carboxylic acids is 1. The predicted molar refractivity (Wildman–Crippen MR) is 47.7 cm³/mol. The van der Waals surface area contributed by atoms with Crippen molar-refractivity contribution >= 4 is 6.47 Å². The van der Waals surface area contributed by atoms with Crippen molar-refractivity contribution in [1.29, 1.82) is 0 Å². The molecule has 2 nitrogen and oxygen atoms in total. The summed E-state index contributed by atoms with van der Waals surface area (Å²) >= 11 is 0. The third kappa shape index (κ3) is 2.36. The molecule has 0 aromatic rings. The Bertz CT molecular complexity index is 175. The highest BCUT2D eigenvalue weighted by Crippen LogP contribution is 2.30. The average Bonchev–Trinajstić information content (AvgIpc) is 2.05. The summed E-state index contributed by atoms with van der Waals surface area (Å²) in [4.78, 5) is 10.1. The van der Waals surface area contributed by atoms with Crippen LogP contribution in [0, 0.1) is 5.92 Å². The Labute approximate surface area is 73.6 Å². The highest BCUT2D eigenvalue weighted by Gasteiger charge is 2.22. The molecule has 0 bridgehead atoms. The van der Waals surface area contributed by atoms with Gasteiger partial charge < -0.3 is 4.74 Å². The van der Waals surface area contributed by atoms with E-state index in [0.717, 1.165) is 19.3 Å². The van der Waals surface area contributed by atoms with Gasteiger partial charge in [0.1, 0.15) is 6.10 Å². The number of hydrogen-bond acceptors (Lipinski definition) is 2. The van der Waals surface area contributed by atoms with E-state index in [2.05, 4.69) is 6.58 Å². The lowest BCUT2D eigenvalue weighted by molar-refractivity contribution is -0.135. The normalized spacial score (nSPS) is 26.4. The largest absolute Gasteiger partial charge is 0.465 e. The maximum atomic E-state index is 10.1. The number of rotatable bonds is 3. The van der Waals surface area contributed by atoms with E-state index in [0.29, 0.717) is 12.4 Å². The molecule has 2 heteroatoms. The zero-order chi connectivity index (χ0) is 8.97. The molecule has 68 valence electrons. The minimum Gasteiger partial charge on any atom is -0.465 e.